The lowest BCUT2D eigenvalue weighted by atomic mass is 10.1. The highest BCUT2D eigenvalue weighted by atomic mass is 79.9. The van der Waals surface area contributed by atoms with Crippen LogP contribution in [0.5, 0.6) is 5.75 Å². The van der Waals surface area contributed by atoms with Gasteiger partial charge in [-0.1, -0.05) is 15.9 Å². The molecule has 5 heteroatoms. The fraction of sp³-hybridized carbons (Fsp3) is 0.533. The summed E-state index contributed by atoms with van der Waals surface area (Å²) in [6.45, 7) is 2.19. The van der Waals surface area contributed by atoms with Gasteiger partial charge in [-0.15, -0.1) is 0 Å². The summed E-state index contributed by atoms with van der Waals surface area (Å²) in [4.78, 5) is 13.9. The molecule has 4 nitrogen and oxygen atoms in total. The van der Waals surface area contributed by atoms with E-state index in [0.717, 1.165) is 36.2 Å². The molecule has 1 aromatic rings. The van der Waals surface area contributed by atoms with Crippen LogP contribution >= 0.6 is 15.9 Å². The molecule has 1 atom stereocenters. The molecule has 1 aromatic carbocycles. The number of amides is 1. The average molecular weight is 342 g/mol. The van der Waals surface area contributed by atoms with E-state index in [4.69, 9.17) is 9.84 Å². The summed E-state index contributed by atoms with van der Waals surface area (Å²) in [6, 6.07) is 7.58. The Kier molecular flexibility index (Phi) is 5.86. The summed E-state index contributed by atoms with van der Waals surface area (Å²) in [6.07, 6.45) is 2.20. The fourth-order valence-electron chi connectivity index (χ4n) is 2.42. The van der Waals surface area contributed by atoms with E-state index in [1.165, 1.54) is 0 Å². The molecule has 1 N–H and O–H groups in total. The lowest BCUT2D eigenvalue weighted by Gasteiger charge is -2.16. The smallest absolute Gasteiger partial charge is 0.226 e. The van der Waals surface area contributed by atoms with Gasteiger partial charge in [0.2, 0.25) is 5.91 Å². The van der Waals surface area contributed by atoms with Crippen LogP contribution in [0.3, 0.4) is 0 Å². The van der Waals surface area contributed by atoms with Crippen molar-refractivity contribution in [2.24, 2.45) is 5.92 Å². The number of hydrogen-bond acceptors (Lipinski definition) is 3. The maximum Gasteiger partial charge on any atom is 0.226 e. The molecule has 1 aliphatic rings. The highest BCUT2D eigenvalue weighted by molar-refractivity contribution is 9.10. The Morgan fingerprint density at radius 1 is 1.40 bits per heavy atom. The Morgan fingerprint density at radius 3 is 2.85 bits per heavy atom. The number of nitrogens with zero attached hydrogens (tertiary/aromatic N) is 1. The van der Waals surface area contributed by atoms with Gasteiger partial charge in [0.05, 0.1) is 13.0 Å². The van der Waals surface area contributed by atoms with Gasteiger partial charge in [0.15, 0.2) is 0 Å². The maximum absolute atomic E-state index is 12.0. The van der Waals surface area contributed by atoms with E-state index in [1.54, 1.807) is 0 Å². The minimum atomic E-state index is 0.141. The Bertz CT molecular complexity index is 435. The van der Waals surface area contributed by atoms with E-state index in [1.807, 2.05) is 29.2 Å². The quantitative estimate of drug-likeness (QED) is 0.864. The summed E-state index contributed by atoms with van der Waals surface area (Å²) in [5.74, 6) is 1.37. The summed E-state index contributed by atoms with van der Waals surface area (Å²) in [5.41, 5.74) is 0. The lowest BCUT2D eigenvalue weighted by molar-refractivity contribution is -0.130. The summed E-state index contributed by atoms with van der Waals surface area (Å²) < 4.78 is 6.56. The lowest BCUT2D eigenvalue weighted by Crippen LogP contribution is -2.29. The van der Waals surface area contributed by atoms with Gasteiger partial charge in [-0.25, -0.2) is 0 Å². The minimum absolute atomic E-state index is 0.141. The molecule has 1 heterocycles. The van der Waals surface area contributed by atoms with E-state index in [0.29, 0.717) is 18.9 Å². The van der Waals surface area contributed by atoms with Crippen LogP contribution in [0, 0.1) is 5.92 Å². The first kappa shape index (κ1) is 15.3. The highest BCUT2D eigenvalue weighted by Gasteiger charge is 2.25. The summed E-state index contributed by atoms with van der Waals surface area (Å²) >= 11 is 3.37. The third kappa shape index (κ3) is 4.49. The monoisotopic (exact) mass is 341 g/mol. The van der Waals surface area contributed by atoms with Crippen molar-refractivity contribution in [3.05, 3.63) is 28.7 Å². The molecule has 0 radical (unpaired) electrons. The van der Waals surface area contributed by atoms with Gasteiger partial charge >= 0.3 is 0 Å². The minimum Gasteiger partial charge on any atom is -0.493 e. The number of rotatable bonds is 6. The van der Waals surface area contributed by atoms with E-state index >= 15 is 0 Å². The topological polar surface area (TPSA) is 49.8 Å². The van der Waals surface area contributed by atoms with Gasteiger partial charge in [-0.05, 0) is 43.0 Å². The molecular weight excluding hydrogens is 322 g/mol. The Hall–Kier alpha value is -1.07. The Balaban J connectivity index is 1.69. The zero-order valence-electron chi connectivity index (χ0n) is 11.4. The van der Waals surface area contributed by atoms with Crippen LogP contribution in [-0.4, -0.2) is 42.2 Å². The molecule has 20 heavy (non-hydrogen) atoms. The molecule has 1 amide bonds. The molecule has 0 saturated carbocycles. The third-order valence-corrected chi connectivity index (χ3v) is 4.10. The number of aliphatic hydroxyl groups is 1. The van der Waals surface area contributed by atoms with Crippen molar-refractivity contribution < 1.29 is 14.6 Å². The van der Waals surface area contributed by atoms with Crippen LogP contribution in [0.15, 0.2) is 28.7 Å². The van der Waals surface area contributed by atoms with Gasteiger partial charge in [-0.3, -0.25) is 4.79 Å². The third-order valence-electron chi connectivity index (χ3n) is 3.57. The normalized spacial score (nSPS) is 18.3. The van der Waals surface area contributed by atoms with Crippen molar-refractivity contribution in [2.75, 3.05) is 26.3 Å². The zero-order valence-corrected chi connectivity index (χ0v) is 13.0. The van der Waals surface area contributed by atoms with E-state index in [9.17, 15) is 4.79 Å². The Morgan fingerprint density at radius 2 is 2.15 bits per heavy atom. The van der Waals surface area contributed by atoms with E-state index in [-0.39, 0.29) is 12.5 Å². The molecule has 0 spiro atoms. The maximum atomic E-state index is 12.0. The molecule has 110 valence electrons. The van der Waals surface area contributed by atoms with Crippen molar-refractivity contribution in [3.63, 3.8) is 0 Å². The highest BCUT2D eigenvalue weighted by Crippen LogP contribution is 2.20. The zero-order chi connectivity index (χ0) is 14.4. The molecule has 1 fully saturated rings. The molecular formula is C15H20BrNO3. The number of hydrogen-bond donors (Lipinski definition) is 1. The van der Waals surface area contributed by atoms with E-state index in [2.05, 4.69) is 15.9 Å². The van der Waals surface area contributed by atoms with Gasteiger partial charge in [0, 0.05) is 24.2 Å². The average Bonchev–Trinajstić information content (AvgIpc) is 2.90. The first-order chi connectivity index (χ1) is 9.69. The number of halogens is 1. The largest absolute Gasteiger partial charge is 0.493 e. The summed E-state index contributed by atoms with van der Waals surface area (Å²) in [7, 11) is 0. The first-order valence-electron chi connectivity index (χ1n) is 6.96. The molecule has 1 aliphatic heterocycles. The predicted octanol–water partition coefficient (Wildman–Crippen LogP) is 2.45. The van der Waals surface area contributed by atoms with Crippen LogP contribution in [0.4, 0.5) is 0 Å². The van der Waals surface area contributed by atoms with Crippen LogP contribution in [0.25, 0.3) is 0 Å². The standard InChI is InChI=1S/C15H20BrNO3/c16-13-1-3-14(4-2-13)20-10-7-15(19)17-8-5-12(11-17)6-9-18/h1-4,12,18H,5-11H2. The molecule has 0 bridgehead atoms. The number of likely N-dealkylation sites (tertiary alicyclic amines) is 1. The van der Waals surface area contributed by atoms with Crippen molar-refractivity contribution in [2.45, 2.75) is 19.3 Å². The van der Waals surface area contributed by atoms with Gasteiger partial charge in [-0.2, -0.15) is 0 Å². The van der Waals surface area contributed by atoms with Crippen LogP contribution < -0.4 is 4.74 Å². The first-order valence-corrected chi connectivity index (χ1v) is 7.75. The van der Waals surface area contributed by atoms with Crippen LogP contribution in [-0.2, 0) is 4.79 Å². The number of carbonyl (C=O) groups excluding carboxylic acids is 1. The number of aliphatic hydroxyl groups excluding tert-OH is 1. The Labute approximate surface area is 127 Å². The number of carbonyl (C=O) groups is 1. The van der Waals surface area contributed by atoms with Crippen molar-refractivity contribution >= 4 is 21.8 Å². The summed E-state index contributed by atoms with van der Waals surface area (Å²) in [5, 5.41) is 8.91. The van der Waals surface area contributed by atoms with Crippen LogP contribution in [0.1, 0.15) is 19.3 Å². The molecule has 1 saturated heterocycles. The van der Waals surface area contributed by atoms with E-state index < -0.39 is 0 Å². The SMILES string of the molecule is O=C(CCOc1ccc(Br)cc1)N1CCC(CCO)C1. The van der Waals surface area contributed by atoms with Crippen LogP contribution in [0.2, 0.25) is 0 Å². The predicted molar refractivity (Wildman–Crippen MR) is 80.6 cm³/mol. The van der Waals surface area contributed by atoms with Gasteiger partial charge < -0.3 is 14.7 Å². The molecule has 0 aliphatic carbocycles. The van der Waals surface area contributed by atoms with Crippen molar-refractivity contribution in [1.29, 1.82) is 0 Å². The second-order valence-corrected chi connectivity index (χ2v) is 5.97. The second kappa shape index (κ2) is 7.64. The fourth-order valence-corrected chi connectivity index (χ4v) is 2.69. The molecule has 2 rings (SSSR count). The van der Waals surface area contributed by atoms with Gasteiger partial charge in [0.1, 0.15) is 5.75 Å². The molecule has 0 aromatic heterocycles. The second-order valence-electron chi connectivity index (χ2n) is 5.06. The van der Waals surface area contributed by atoms with Gasteiger partial charge in [0.25, 0.3) is 0 Å². The number of benzene rings is 1. The molecule has 1 unspecified atom stereocenters. The van der Waals surface area contributed by atoms with Crippen molar-refractivity contribution in [1.82, 2.24) is 4.90 Å². The van der Waals surface area contributed by atoms with Crippen molar-refractivity contribution in [3.8, 4) is 5.75 Å². The number of ether oxygens (including phenoxy) is 1.